The number of para-hydroxylation sites is 3. The highest BCUT2D eigenvalue weighted by molar-refractivity contribution is 6.10. The summed E-state index contributed by atoms with van der Waals surface area (Å²) in [5.41, 5.74) is 7.13. The maximum atomic E-state index is 6.31. The molecule has 7 rings (SSSR count). The first-order valence-corrected chi connectivity index (χ1v) is 10.9. The van der Waals surface area contributed by atoms with E-state index in [4.69, 9.17) is 9.40 Å². The molecular weight excluding hydrogens is 408 g/mol. The van der Waals surface area contributed by atoms with Gasteiger partial charge in [0.2, 0.25) is 5.71 Å². The van der Waals surface area contributed by atoms with Crippen molar-refractivity contribution < 1.29 is 4.42 Å². The van der Waals surface area contributed by atoms with Gasteiger partial charge in [-0.2, -0.15) is 0 Å². The maximum Gasteiger partial charge on any atom is 0.227 e. The van der Waals surface area contributed by atoms with E-state index in [-0.39, 0.29) is 0 Å². The number of nitrogens with zero attached hydrogens (tertiary/aromatic N) is 4. The lowest BCUT2D eigenvalue weighted by Crippen LogP contribution is -1.98. The molecule has 7 aromatic rings. The molecular formula is C28H18N4O. The number of imidazole rings is 1. The van der Waals surface area contributed by atoms with Crippen molar-refractivity contribution in [2.24, 2.45) is 0 Å². The second-order valence-corrected chi connectivity index (χ2v) is 8.21. The molecule has 0 saturated heterocycles. The molecule has 5 nitrogen and oxygen atoms in total. The number of aryl methyl sites for hydroxylation is 1. The van der Waals surface area contributed by atoms with Crippen molar-refractivity contribution in [2.75, 3.05) is 0 Å². The van der Waals surface area contributed by atoms with Gasteiger partial charge >= 0.3 is 0 Å². The zero-order chi connectivity index (χ0) is 21.9. The van der Waals surface area contributed by atoms with Crippen molar-refractivity contribution in [3.8, 4) is 17.1 Å². The molecule has 0 atom stereocenters. The zero-order valence-corrected chi connectivity index (χ0v) is 17.9. The van der Waals surface area contributed by atoms with Crippen LogP contribution in [0.15, 0.2) is 95.5 Å². The van der Waals surface area contributed by atoms with Gasteiger partial charge in [0.15, 0.2) is 0 Å². The Labute approximate surface area is 189 Å². The van der Waals surface area contributed by atoms with E-state index < -0.39 is 0 Å². The SMILES string of the molecule is Cc1ccc2c(n1)oc1c(-c3nc4cnc5ccccc5c4n3-c3ccccc3)cccc12. The summed E-state index contributed by atoms with van der Waals surface area (Å²) in [7, 11) is 0. The van der Waals surface area contributed by atoms with E-state index >= 15 is 0 Å². The summed E-state index contributed by atoms with van der Waals surface area (Å²) < 4.78 is 8.52. The molecule has 0 aliphatic carbocycles. The number of rotatable bonds is 2. The number of hydrogen-bond acceptors (Lipinski definition) is 4. The zero-order valence-electron chi connectivity index (χ0n) is 17.9. The first-order chi connectivity index (χ1) is 16.3. The number of fused-ring (bicyclic) bond motifs is 6. The summed E-state index contributed by atoms with van der Waals surface area (Å²) in [5.74, 6) is 0.815. The predicted octanol–water partition coefficient (Wildman–Crippen LogP) is 6.84. The van der Waals surface area contributed by atoms with E-state index in [9.17, 15) is 0 Å². The van der Waals surface area contributed by atoms with Crippen molar-refractivity contribution in [1.82, 2.24) is 19.5 Å². The van der Waals surface area contributed by atoms with Crippen LogP contribution in [0.5, 0.6) is 0 Å². The second kappa shape index (κ2) is 6.74. The van der Waals surface area contributed by atoms with Crippen molar-refractivity contribution in [3.05, 3.63) is 96.8 Å². The van der Waals surface area contributed by atoms with Crippen molar-refractivity contribution in [3.63, 3.8) is 0 Å². The Morgan fingerprint density at radius 3 is 2.42 bits per heavy atom. The molecule has 4 heterocycles. The summed E-state index contributed by atoms with van der Waals surface area (Å²) in [6.07, 6.45) is 1.85. The molecule has 0 unspecified atom stereocenters. The highest BCUT2D eigenvalue weighted by Gasteiger charge is 2.21. The molecule has 0 bridgehead atoms. The first-order valence-electron chi connectivity index (χ1n) is 10.9. The van der Waals surface area contributed by atoms with Gasteiger partial charge in [-0.3, -0.25) is 9.55 Å². The molecule has 156 valence electrons. The van der Waals surface area contributed by atoms with Gasteiger partial charge in [-0.15, -0.1) is 0 Å². The Kier molecular flexibility index (Phi) is 3.70. The van der Waals surface area contributed by atoms with Crippen LogP contribution in [0.25, 0.3) is 61.1 Å². The lowest BCUT2D eigenvalue weighted by atomic mass is 10.1. The number of aromatic nitrogens is 4. The molecule has 0 aliphatic heterocycles. The third kappa shape index (κ3) is 2.62. The predicted molar refractivity (Wildman–Crippen MR) is 132 cm³/mol. The smallest absolute Gasteiger partial charge is 0.227 e. The second-order valence-electron chi connectivity index (χ2n) is 8.21. The summed E-state index contributed by atoms with van der Waals surface area (Å²) in [6.45, 7) is 1.97. The molecule has 33 heavy (non-hydrogen) atoms. The fourth-order valence-electron chi connectivity index (χ4n) is 4.66. The third-order valence-corrected chi connectivity index (χ3v) is 6.15. The summed E-state index contributed by atoms with van der Waals surface area (Å²) in [5, 5.41) is 3.10. The molecule has 5 heteroatoms. The average molecular weight is 426 g/mol. The standard InChI is InChI=1S/C28H18N4O/c1-17-14-15-20-19-11-7-12-22(26(19)33-28(20)30-17)27-31-24-16-29-23-13-6-5-10-21(23)25(24)32(27)18-8-3-2-4-9-18/h2-16H,1H3. The van der Waals surface area contributed by atoms with E-state index in [0.717, 1.165) is 61.1 Å². The van der Waals surface area contributed by atoms with Gasteiger partial charge in [-0.1, -0.05) is 48.5 Å². The maximum absolute atomic E-state index is 6.31. The van der Waals surface area contributed by atoms with Crippen molar-refractivity contribution in [1.29, 1.82) is 0 Å². The summed E-state index contributed by atoms with van der Waals surface area (Å²) >= 11 is 0. The number of furan rings is 1. The highest BCUT2D eigenvalue weighted by atomic mass is 16.3. The number of hydrogen-bond donors (Lipinski definition) is 0. The fraction of sp³-hybridized carbons (Fsp3) is 0.0357. The van der Waals surface area contributed by atoms with Crippen molar-refractivity contribution >= 4 is 44.0 Å². The monoisotopic (exact) mass is 426 g/mol. The first kappa shape index (κ1) is 18.1. The minimum absolute atomic E-state index is 0.645. The molecule has 0 fully saturated rings. The van der Waals surface area contributed by atoms with E-state index in [1.165, 1.54) is 0 Å². The Morgan fingerprint density at radius 2 is 1.52 bits per heavy atom. The molecule has 0 saturated carbocycles. The van der Waals surface area contributed by atoms with E-state index in [1.54, 1.807) is 0 Å². The molecule has 3 aromatic carbocycles. The van der Waals surface area contributed by atoms with Crippen LogP contribution in [-0.2, 0) is 0 Å². The van der Waals surface area contributed by atoms with Gasteiger partial charge < -0.3 is 4.42 Å². The van der Waals surface area contributed by atoms with Gasteiger partial charge in [-0.25, -0.2) is 9.97 Å². The summed E-state index contributed by atoms with van der Waals surface area (Å²) in [6, 6.07) is 28.8. The average Bonchev–Trinajstić information content (AvgIpc) is 3.42. The minimum Gasteiger partial charge on any atom is -0.437 e. The lowest BCUT2D eigenvalue weighted by Gasteiger charge is -2.11. The van der Waals surface area contributed by atoms with E-state index in [2.05, 4.69) is 57.0 Å². The van der Waals surface area contributed by atoms with Crippen LogP contribution in [0.2, 0.25) is 0 Å². The summed E-state index contributed by atoms with van der Waals surface area (Å²) in [4.78, 5) is 14.3. The Morgan fingerprint density at radius 1 is 0.697 bits per heavy atom. The van der Waals surface area contributed by atoms with Gasteiger partial charge in [0.1, 0.15) is 16.9 Å². The van der Waals surface area contributed by atoms with Crippen LogP contribution in [0, 0.1) is 6.92 Å². The molecule has 0 amide bonds. The number of benzene rings is 3. The molecule has 0 spiro atoms. The van der Waals surface area contributed by atoms with Crippen LogP contribution in [0.3, 0.4) is 0 Å². The van der Waals surface area contributed by atoms with Crippen LogP contribution in [0.4, 0.5) is 0 Å². The third-order valence-electron chi connectivity index (χ3n) is 6.15. The Bertz CT molecular complexity index is 1830. The van der Waals surface area contributed by atoms with Gasteiger partial charge in [0, 0.05) is 27.5 Å². The Balaban J connectivity index is 1.64. The quantitative estimate of drug-likeness (QED) is 0.304. The van der Waals surface area contributed by atoms with Crippen LogP contribution in [-0.4, -0.2) is 19.5 Å². The molecule has 0 aliphatic rings. The van der Waals surface area contributed by atoms with E-state index in [0.29, 0.717) is 5.71 Å². The van der Waals surface area contributed by atoms with Gasteiger partial charge in [-0.05, 0) is 43.3 Å². The molecule has 0 radical (unpaired) electrons. The minimum atomic E-state index is 0.645. The highest BCUT2D eigenvalue weighted by Crippen LogP contribution is 2.38. The largest absolute Gasteiger partial charge is 0.437 e. The van der Waals surface area contributed by atoms with Crippen LogP contribution < -0.4 is 0 Å². The Hall–Kier alpha value is -4.51. The van der Waals surface area contributed by atoms with Crippen LogP contribution in [0.1, 0.15) is 5.69 Å². The van der Waals surface area contributed by atoms with Gasteiger partial charge in [0.05, 0.1) is 22.8 Å². The topological polar surface area (TPSA) is 56.7 Å². The van der Waals surface area contributed by atoms with Crippen molar-refractivity contribution in [2.45, 2.75) is 6.92 Å². The normalized spacial score (nSPS) is 11.8. The lowest BCUT2D eigenvalue weighted by molar-refractivity contribution is 0.653. The van der Waals surface area contributed by atoms with Crippen LogP contribution >= 0.6 is 0 Å². The van der Waals surface area contributed by atoms with E-state index in [1.807, 2.05) is 55.6 Å². The molecule has 4 aromatic heterocycles. The van der Waals surface area contributed by atoms with Gasteiger partial charge in [0.25, 0.3) is 0 Å². The number of pyridine rings is 2. The fourth-order valence-corrected chi connectivity index (χ4v) is 4.66. The molecule has 0 N–H and O–H groups in total.